The molecule has 10 heavy (non-hydrogen) atoms. The Balaban J connectivity index is 4.05. The molecule has 56 valence electrons. The lowest BCUT2D eigenvalue weighted by Crippen LogP contribution is -2.23. The summed E-state index contributed by atoms with van der Waals surface area (Å²) in [7, 11) is 1.15. The number of ether oxygens (including phenoxy) is 1. The van der Waals surface area contributed by atoms with Crippen molar-refractivity contribution in [3.8, 4) is 0 Å². The normalized spacial score (nSPS) is 11.4. The molecule has 0 saturated heterocycles. The molecule has 6 nitrogen and oxygen atoms in total. The average molecular weight is 145 g/mol. The zero-order valence-corrected chi connectivity index (χ0v) is 5.39. The van der Waals surface area contributed by atoms with Crippen LogP contribution in [0.1, 0.15) is 0 Å². The van der Waals surface area contributed by atoms with Crippen LogP contribution in [0.3, 0.4) is 0 Å². The lowest BCUT2D eigenvalue weighted by atomic mass is 10.3. The predicted octanol–water partition coefficient (Wildman–Crippen LogP) is -0.169. The number of carbonyl (C=O) groups is 1. The highest BCUT2D eigenvalue weighted by Gasteiger charge is 2.14. The van der Waals surface area contributed by atoms with Crippen molar-refractivity contribution >= 4 is 5.97 Å². The minimum Gasteiger partial charge on any atom is -0.469 e. The van der Waals surface area contributed by atoms with E-state index in [1.807, 2.05) is 0 Å². The summed E-state index contributed by atoms with van der Waals surface area (Å²) in [6, 6.07) is -1.12. The molecule has 0 rings (SSSR count). The SMILES string of the molecule is COC(=O)[C@H](CO)N=[N+]=[N-]. The van der Waals surface area contributed by atoms with E-state index in [-0.39, 0.29) is 0 Å². The molecule has 1 atom stereocenters. The number of rotatable bonds is 3. The highest BCUT2D eigenvalue weighted by Crippen LogP contribution is 1.92. The van der Waals surface area contributed by atoms with E-state index in [2.05, 4.69) is 14.8 Å². The van der Waals surface area contributed by atoms with Crippen LogP contribution in [0.15, 0.2) is 5.11 Å². The average Bonchev–Trinajstić information content (AvgIpc) is 1.99. The summed E-state index contributed by atoms with van der Waals surface area (Å²) in [5.74, 6) is -0.736. The molecule has 0 aliphatic heterocycles. The molecule has 0 fully saturated rings. The van der Waals surface area contributed by atoms with E-state index in [0.29, 0.717) is 0 Å². The van der Waals surface area contributed by atoms with Gasteiger partial charge in [0.2, 0.25) is 0 Å². The van der Waals surface area contributed by atoms with Gasteiger partial charge in [-0.1, -0.05) is 5.11 Å². The van der Waals surface area contributed by atoms with Crippen LogP contribution in [0.4, 0.5) is 0 Å². The summed E-state index contributed by atoms with van der Waals surface area (Å²) >= 11 is 0. The first-order valence-corrected chi connectivity index (χ1v) is 2.49. The monoisotopic (exact) mass is 145 g/mol. The van der Waals surface area contributed by atoms with Gasteiger partial charge in [-0.25, -0.2) is 0 Å². The summed E-state index contributed by atoms with van der Waals surface area (Å²) in [4.78, 5) is 12.8. The molecular formula is C4H7N3O3. The molecule has 0 spiro atoms. The van der Waals surface area contributed by atoms with Gasteiger partial charge in [0.15, 0.2) is 6.04 Å². The van der Waals surface area contributed by atoms with Crippen molar-refractivity contribution in [1.29, 1.82) is 0 Å². The molecule has 0 aromatic carbocycles. The van der Waals surface area contributed by atoms with Crippen molar-refractivity contribution in [2.45, 2.75) is 6.04 Å². The Morgan fingerprint density at radius 2 is 2.60 bits per heavy atom. The number of hydrogen-bond donors (Lipinski definition) is 1. The third-order valence-corrected chi connectivity index (χ3v) is 0.837. The largest absolute Gasteiger partial charge is 0.469 e. The summed E-state index contributed by atoms with van der Waals surface area (Å²) < 4.78 is 4.19. The third kappa shape index (κ3) is 2.34. The number of esters is 1. The molecule has 0 saturated carbocycles. The van der Waals surface area contributed by atoms with E-state index >= 15 is 0 Å². The van der Waals surface area contributed by atoms with Crippen molar-refractivity contribution in [3.63, 3.8) is 0 Å². The van der Waals surface area contributed by atoms with E-state index in [9.17, 15) is 4.79 Å². The van der Waals surface area contributed by atoms with Crippen molar-refractivity contribution in [2.75, 3.05) is 13.7 Å². The summed E-state index contributed by atoms with van der Waals surface area (Å²) in [5.41, 5.74) is 7.85. The summed E-state index contributed by atoms with van der Waals surface area (Å²) in [5, 5.41) is 11.4. The van der Waals surface area contributed by atoms with Crippen LogP contribution < -0.4 is 0 Å². The Morgan fingerprint density at radius 1 is 2.00 bits per heavy atom. The van der Waals surface area contributed by atoms with Crippen LogP contribution in [0.5, 0.6) is 0 Å². The summed E-state index contributed by atoms with van der Waals surface area (Å²) in [6.45, 7) is -0.531. The second-order valence-corrected chi connectivity index (χ2v) is 1.43. The van der Waals surface area contributed by atoms with Crippen LogP contribution in [-0.4, -0.2) is 30.8 Å². The van der Waals surface area contributed by atoms with Gasteiger partial charge in [-0.05, 0) is 5.53 Å². The molecule has 0 unspecified atom stereocenters. The van der Waals surface area contributed by atoms with Crippen molar-refractivity contribution in [3.05, 3.63) is 10.4 Å². The van der Waals surface area contributed by atoms with Crippen LogP contribution in [0.2, 0.25) is 0 Å². The Labute approximate surface area is 57.0 Å². The molecule has 0 amide bonds. The Kier molecular flexibility index (Phi) is 4.02. The third-order valence-electron chi connectivity index (χ3n) is 0.837. The fourth-order valence-corrected chi connectivity index (χ4v) is 0.357. The van der Waals surface area contributed by atoms with E-state index in [1.54, 1.807) is 0 Å². The minimum atomic E-state index is -1.12. The molecule has 0 aromatic rings. The van der Waals surface area contributed by atoms with Gasteiger partial charge in [0.1, 0.15) is 0 Å². The maximum absolute atomic E-state index is 10.5. The molecule has 0 radical (unpaired) electrons. The maximum atomic E-state index is 10.5. The van der Waals surface area contributed by atoms with Gasteiger partial charge in [-0.15, -0.1) is 0 Å². The molecular weight excluding hydrogens is 138 g/mol. The first-order valence-electron chi connectivity index (χ1n) is 2.49. The van der Waals surface area contributed by atoms with Crippen LogP contribution in [-0.2, 0) is 9.53 Å². The predicted molar refractivity (Wildman–Crippen MR) is 32.0 cm³/mol. The molecule has 0 heterocycles. The minimum absolute atomic E-state index is 0.531. The number of aliphatic hydroxyl groups is 1. The van der Waals surface area contributed by atoms with Gasteiger partial charge in [-0.2, -0.15) is 0 Å². The lowest BCUT2D eigenvalue weighted by Gasteiger charge is -2.02. The topological polar surface area (TPSA) is 95.3 Å². The second kappa shape index (κ2) is 4.60. The van der Waals surface area contributed by atoms with Gasteiger partial charge in [0.05, 0.1) is 13.7 Å². The lowest BCUT2D eigenvalue weighted by molar-refractivity contribution is -0.143. The number of methoxy groups -OCH3 is 1. The molecule has 6 heteroatoms. The quantitative estimate of drug-likeness (QED) is 0.258. The number of carbonyl (C=O) groups excluding carboxylic acids is 1. The van der Waals surface area contributed by atoms with E-state index in [1.165, 1.54) is 0 Å². The van der Waals surface area contributed by atoms with Gasteiger partial charge in [-0.3, -0.25) is 4.79 Å². The molecule has 0 bridgehead atoms. The fraction of sp³-hybridized carbons (Fsp3) is 0.750. The zero-order chi connectivity index (χ0) is 7.98. The van der Waals surface area contributed by atoms with E-state index in [4.69, 9.17) is 10.6 Å². The van der Waals surface area contributed by atoms with Gasteiger partial charge >= 0.3 is 5.97 Å². The Morgan fingerprint density at radius 3 is 2.90 bits per heavy atom. The number of nitrogens with zero attached hydrogens (tertiary/aromatic N) is 3. The maximum Gasteiger partial charge on any atom is 0.316 e. The molecule has 1 N–H and O–H groups in total. The Hall–Kier alpha value is -1.26. The standard InChI is InChI=1S/C4H7N3O3/c1-10-4(9)3(2-8)6-7-5/h3,8H,2H2,1H3/t3-/m0/s1. The molecule has 0 aromatic heterocycles. The zero-order valence-electron chi connectivity index (χ0n) is 5.39. The van der Waals surface area contributed by atoms with Crippen LogP contribution in [0, 0.1) is 0 Å². The first-order chi connectivity index (χ1) is 4.76. The number of aliphatic hydroxyl groups excluding tert-OH is 1. The first kappa shape index (κ1) is 8.74. The molecule has 0 aliphatic carbocycles. The van der Waals surface area contributed by atoms with Gasteiger partial charge in [0.25, 0.3) is 0 Å². The van der Waals surface area contributed by atoms with Crippen molar-refractivity contribution in [2.24, 2.45) is 5.11 Å². The van der Waals surface area contributed by atoms with Gasteiger partial charge < -0.3 is 9.84 Å². The Bertz CT molecular complexity index is 163. The van der Waals surface area contributed by atoms with Crippen LogP contribution in [0.25, 0.3) is 10.4 Å². The fourth-order valence-electron chi connectivity index (χ4n) is 0.357. The smallest absolute Gasteiger partial charge is 0.316 e. The van der Waals surface area contributed by atoms with Crippen LogP contribution >= 0.6 is 0 Å². The van der Waals surface area contributed by atoms with E-state index < -0.39 is 18.6 Å². The molecule has 0 aliphatic rings. The second-order valence-electron chi connectivity index (χ2n) is 1.43. The number of hydrogen-bond acceptors (Lipinski definition) is 4. The van der Waals surface area contributed by atoms with Gasteiger partial charge in [0, 0.05) is 4.91 Å². The highest BCUT2D eigenvalue weighted by atomic mass is 16.5. The number of azide groups is 1. The van der Waals surface area contributed by atoms with Crippen molar-refractivity contribution in [1.82, 2.24) is 0 Å². The van der Waals surface area contributed by atoms with Crippen molar-refractivity contribution < 1.29 is 14.6 Å². The van der Waals surface area contributed by atoms with E-state index in [0.717, 1.165) is 7.11 Å². The highest BCUT2D eigenvalue weighted by molar-refractivity contribution is 5.75. The summed E-state index contributed by atoms with van der Waals surface area (Å²) in [6.07, 6.45) is 0.